The average molecular weight is 477 g/mol. The number of amides is 1. The molecule has 1 aliphatic carbocycles. The van der Waals surface area contributed by atoms with E-state index in [-0.39, 0.29) is 11.5 Å². The van der Waals surface area contributed by atoms with Crippen molar-refractivity contribution in [2.75, 3.05) is 6.54 Å². The van der Waals surface area contributed by atoms with Crippen LogP contribution in [0.25, 0.3) is 22.0 Å². The summed E-state index contributed by atoms with van der Waals surface area (Å²) in [5, 5.41) is 17.9. The highest BCUT2D eigenvalue weighted by Crippen LogP contribution is 2.33. The van der Waals surface area contributed by atoms with E-state index in [0.29, 0.717) is 12.6 Å². The second-order valence-corrected chi connectivity index (χ2v) is 9.31. The van der Waals surface area contributed by atoms with Crippen molar-refractivity contribution in [2.45, 2.75) is 38.6 Å². The number of aromatic nitrogens is 3. The van der Waals surface area contributed by atoms with Gasteiger partial charge in [0.2, 0.25) is 0 Å². The first-order valence-corrected chi connectivity index (χ1v) is 11.7. The molecule has 1 fully saturated rings. The Morgan fingerprint density at radius 2 is 1.80 bits per heavy atom. The lowest BCUT2D eigenvalue weighted by Gasteiger charge is -2.28. The quantitative estimate of drug-likeness (QED) is 0.396. The molecule has 0 saturated heterocycles. The number of nitrogens with one attached hydrogen (secondary N) is 1. The fourth-order valence-corrected chi connectivity index (χ4v) is 4.76. The Bertz CT molecular complexity index is 1370. The van der Waals surface area contributed by atoms with Crippen LogP contribution < -0.4 is 5.32 Å². The monoisotopic (exact) mass is 476 g/mol. The fraction of sp³-hybridized carbons (Fsp3) is 0.296. The minimum Gasteiger partial charge on any atom is -0.503 e. The van der Waals surface area contributed by atoms with Crippen molar-refractivity contribution in [3.05, 3.63) is 77.8 Å². The molecule has 1 amide bonds. The van der Waals surface area contributed by atoms with Crippen molar-refractivity contribution in [2.24, 2.45) is 5.92 Å². The normalized spacial score (nSPS) is 18.0. The molecule has 0 spiro atoms. The standard InChI is InChI=1S/C27H26F2N4O2/c1-16-8-21(14-30-12-16)18-4-5-19-15-33(32-25(19)11-18)22-6-2-17(3-7-22)13-31-27(35)20-9-23(28)26(34)24(29)10-20/h4-5,8-12,14-15,17,22,34H,2-3,6-7,13H2,1H3,(H,31,35). The maximum Gasteiger partial charge on any atom is 0.251 e. The van der Waals surface area contributed by atoms with Gasteiger partial charge in [0, 0.05) is 41.6 Å². The highest BCUT2D eigenvalue weighted by Gasteiger charge is 2.24. The Hall–Kier alpha value is -3.81. The van der Waals surface area contributed by atoms with Gasteiger partial charge in [-0.1, -0.05) is 12.1 Å². The highest BCUT2D eigenvalue weighted by molar-refractivity contribution is 5.94. The lowest BCUT2D eigenvalue weighted by Crippen LogP contribution is -2.31. The van der Waals surface area contributed by atoms with Crippen LogP contribution >= 0.6 is 0 Å². The van der Waals surface area contributed by atoms with E-state index in [1.54, 1.807) is 0 Å². The predicted octanol–water partition coefficient (Wildman–Crippen LogP) is 5.55. The smallest absolute Gasteiger partial charge is 0.251 e. The number of aromatic hydroxyl groups is 1. The van der Waals surface area contributed by atoms with Crippen LogP contribution in [0.2, 0.25) is 0 Å². The van der Waals surface area contributed by atoms with Gasteiger partial charge in [0.15, 0.2) is 17.4 Å². The minimum atomic E-state index is -1.15. The molecule has 2 aromatic heterocycles. The molecule has 2 N–H and O–H groups in total. The fourth-order valence-electron chi connectivity index (χ4n) is 4.76. The van der Waals surface area contributed by atoms with Crippen LogP contribution in [0.5, 0.6) is 5.75 Å². The average Bonchev–Trinajstić information content (AvgIpc) is 3.29. The number of aryl methyl sites for hydroxylation is 1. The molecule has 0 aliphatic heterocycles. The lowest BCUT2D eigenvalue weighted by molar-refractivity contribution is 0.0940. The molecule has 8 heteroatoms. The number of nitrogens with zero attached hydrogens (tertiary/aromatic N) is 3. The highest BCUT2D eigenvalue weighted by atomic mass is 19.1. The third kappa shape index (κ3) is 4.87. The largest absolute Gasteiger partial charge is 0.503 e. The molecule has 6 nitrogen and oxygen atoms in total. The van der Waals surface area contributed by atoms with Crippen molar-refractivity contribution in [1.82, 2.24) is 20.1 Å². The first-order chi connectivity index (χ1) is 16.9. The number of rotatable bonds is 5. The Morgan fingerprint density at radius 1 is 1.06 bits per heavy atom. The summed E-state index contributed by atoms with van der Waals surface area (Å²) in [6.07, 6.45) is 9.50. The van der Waals surface area contributed by atoms with Gasteiger partial charge in [-0.3, -0.25) is 14.5 Å². The zero-order valence-corrected chi connectivity index (χ0v) is 19.3. The third-order valence-corrected chi connectivity index (χ3v) is 6.75. The van der Waals surface area contributed by atoms with Crippen LogP contribution in [0.4, 0.5) is 8.78 Å². The number of hydrogen-bond acceptors (Lipinski definition) is 4. The molecule has 0 bridgehead atoms. The number of carbonyl (C=O) groups is 1. The number of benzene rings is 2. The SMILES string of the molecule is Cc1cncc(-c2ccc3cn(C4CCC(CNC(=O)c5cc(F)c(O)c(F)c5)CC4)nc3c2)c1. The summed E-state index contributed by atoms with van der Waals surface area (Å²) in [6.45, 7) is 2.46. The van der Waals surface area contributed by atoms with Gasteiger partial charge in [-0.05, 0) is 73.9 Å². The van der Waals surface area contributed by atoms with Gasteiger partial charge < -0.3 is 10.4 Å². The summed E-state index contributed by atoms with van der Waals surface area (Å²) in [4.78, 5) is 16.6. The van der Waals surface area contributed by atoms with Crippen LogP contribution in [0, 0.1) is 24.5 Å². The van der Waals surface area contributed by atoms with Gasteiger partial charge in [-0.15, -0.1) is 0 Å². The Kier molecular flexibility index (Phi) is 6.19. The molecule has 0 unspecified atom stereocenters. The van der Waals surface area contributed by atoms with Crippen LogP contribution in [0.1, 0.15) is 47.6 Å². The van der Waals surface area contributed by atoms with Crippen LogP contribution in [0.3, 0.4) is 0 Å². The van der Waals surface area contributed by atoms with Gasteiger partial charge in [-0.2, -0.15) is 5.10 Å². The number of halogens is 2. The number of carbonyl (C=O) groups excluding carboxylic acids is 1. The number of phenols is 1. The Labute approximate surface area is 201 Å². The van der Waals surface area contributed by atoms with E-state index in [4.69, 9.17) is 5.10 Å². The van der Waals surface area contributed by atoms with E-state index in [0.717, 1.165) is 65.4 Å². The molecule has 35 heavy (non-hydrogen) atoms. The number of phenolic OH excluding ortho intramolecular Hbond substituents is 1. The first kappa shape index (κ1) is 23.0. The van der Waals surface area contributed by atoms with Crippen molar-refractivity contribution in [1.29, 1.82) is 0 Å². The van der Waals surface area contributed by atoms with Crippen LogP contribution in [0.15, 0.2) is 55.0 Å². The summed E-state index contributed by atoms with van der Waals surface area (Å²) < 4.78 is 29.1. The second kappa shape index (κ2) is 9.44. The van der Waals surface area contributed by atoms with E-state index in [9.17, 15) is 18.7 Å². The third-order valence-electron chi connectivity index (χ3n) is 6.75. The topological polar surface area (TPSA) is 80.0 Å². The molecule has 0 atom stereocenters. The molecular formula is C27H26F2N4O2. The zero-order valence-electron chi connectivity index (χ0n) is 19.3. The Morgan fingerprint density at radius 3 is 2.51 bits per heavy atom. The van der Waals surface area contributed by atoms with Gasteiger partial charge in [0.05, 0.1) is 11.6 Å². The number of pyridine rings is 1. The van der Waals surface area contributed by atoms with Crippen LogP contribution in [-0.4, -0.2) is 32.3 Å². The second-order valence-electron chi connectivity index (χ2n) is 9.31. The molecule has 2 heterocycles. The minimum absolute atomic E-state index is 0.143. The van der Waals surface area contributed by atoms with Crippen molar-refractivity contribution in [3.63, 3.8) is 0 Å². The van der Waals surface area contributed by atoms with E-state index in [2.05, 4.69) is 45.4 Å². The van der Waals surface area contributed by atoms with E-state index >= 15 is 0 Å². The summed E-state index contributed by atoms with van der Waals surface area (Å²) in [5.41, 5.74) is 4.08. The molecule has 1 saturated carbocycles. The summed E-state index contributed by atoms with van der Waals surface area (Å²) in [5.74, 6) is -3.64. The van der Waals surface area contributed by atoms with Gasteiger partial charge >= 0.3 is 0 Å². The number of hydrogen-bond donors (Lipinski definition) is 2. The molecule has 1 aliphatic rings. The molecular weight excluding hydrogens is 450 g/mol. The van der Waals surface area contributed by atoms with Crippen LogP contribution in [-0.2, 0) is 0 Å². The summed E-state index contributed by atoms with van der Waals surface area (Å²) in [6, 6.07) is 10.4. The summed E-state index contributed by atoms with van der Waals surface area (Å²) in [7, 11) is 0. The lowest BCUT2D eigenvalue weighted by atomic mass is 9.86. The molecule has 180 valence electrons. The van der Waals surface area contributed by atoms with Gasteiger partial charge in [0.25, 0.3) is 5.91 Å². The zero-order chi connectivity index (χ0) is 24.5. The molecule has 0 radical (unpaired) electrons. The Balaban J connectivity index is 1.19. The molecule has 4 aromatic rings. The van der Waals surface area contributed by atoms with Gasteiger partial charge in [0.1, 0.15) is 0 Å². The van der Waals surface area contributed by atoms with E-state index < -0.39 is 23.3 Å². The summed E-state index contributed by atoms with van der Waals surface area (Å²) >= 11 is 0. The molecule has 5 rings (SSSR count). The molecule has 2 aromatic carbocycles. The predicted molar refractivity (Wildman–Crippen MR) is 129 cm³/mol. The number of fused-ring (bicyclic) bond motifs is 1. The first-order valence-electron chi connectivity index (χ1n) is 11.7. The maximum atomic E-state index is 13.5. The van der Waals surface area contributed by atoms with E-state index in [1.807, 2.05) is 19.3 Å². The van der Waals surface area contributed by atoms with Crippen molar-refractivity contribution >= 4 is 16.8 Å². The van der Waals surface area contributed by atoms with Crippen molar-refractivity contribution in [3.8, 4) is 16.9 Å². The van der Waals surface area contributed by atoms with Gasteiger partial charge in [-0.25, -0.2) is 8.78 Å². The maximum absolute atomic E-state index is 13.5. The van der Waals surface area contributed by atoms with Crippen molar-refractivity contribution < 1.29 is 18.7 Å². The van der Waals surface area contributed by atoms with E-state index in [1.165, 1.54) is 0 Å².